The Hall–Kier alpha value is -3.69. The highest BCUT2D eigenvalue weighted by molar-refractivity contribution is 7.25. The van der Waals surface area contributed by atoms with Gasteiger partial charge in [-0.2, -0.15) is 0 Å². The Bertz CT molecular complexity index is 1520. The predicted octanol–water partition coefficient (Wildman–Crippen LogP) is 8.09. The highest BCUT2D eigenvalue weighted by Gasteiger charge is 2.16. The number of rotatable bonds is 3. The van der Waals surface area contributed by atoms with E-state index in [0.29, 0.717) is 0 Å². The molecule has 6 aromatic rings. The molecule has 2 nitrogen and oxygen atoms in total. The number of aromatic amines is 1. The first-order chi connectivity index (χ1) is 15.3. The summed E-state index contributed by atoms with van der Waals surface area (Å²) in [6.45, 7) is 2.10. The number of aromatic nitrogens is 2. The first-order valence-electron chi connectivity index (χ1n) is 10.4. The van der Waals surface area contributed by atoms with Gasteiger partial charge >= 0.3 is 0 Å². The van der Waals surface area contributed by atoms with Crippen LogP contribution in [0.15, 0.2) is 97.1 Å². The minimum atomic E-state index is 0.893. The Labute approximate surface area is 184 Å². The van der Waals surface area contributed by atoms with Gasteiger partial charge in [0.05, 0.1) is 11.4 Å². The van der Waals surface area contributed by atoms with E-state index in [4.69, 9.17) is 4.98 Å². The van der Waals surface area contributed by atoms with Crippen LogP contribution in [0.25, 0.3) is 54.1 Å². The van der Waals surface area contributed by atoms with Crippen LogP contribution in [0.1, 0.15) is 5.56 Å². The van der Waals surface area contributed by atoms with E-state index in [-0.39, 0.29) is 0 Å². The lowest BCUT2D eigenvalue weighted by Crippen LogP contribution is -1.83. The number of benzene rings is 4. The molecule has 0 bridgehead atoms. The Morgan fingerprint density at radius 3 is 2.19 bits per heavy atom. The van der Waals surface area contributed by atoms with Crippen molar-refractivity contribution in [3.8, 4) is 33.9 Å². The van der Waals surface area contributed by atoms with Gasteiger partial charge in [0, 0.05) is 36.9 Å². The number of nitrogens with one attached hydrogen (secondary N) is 1. The van der Waals surface area contributed by atoms with Crippen molar-refractivity contribution < 1.29 is 0 Å². The fourth-order valence-electron chi connectivity index (χ4n) is 4.12. The van der Waals surface area contributed by atoms with Crippen molar-refractivity contribution in [1.29, 1.82) is 0 Å². The zero-order chi connectivity index (χ0) is 20.8. The van der Waals surface area contributed by atoms with Crippen molar-refractivity contribution in [1.82, 2.24) is 9.97 Å². The van der Waals surface area contributed by atoms with E-state index in [2.05, 4.69) is 103 Å². The van der Waals surface area contributed by atoms with E-state index in [0.717, 1.165) is 33.9 Å². The number of nitrogens with zero attached hydrogens (tertiary/aromatic N) is 1. The number of hydrogen-bond donors (Lipinski definition) is 1. The molecule has 3 heteroatoms. The van der Waals surface area contributed by atoms with Gasteiger partial charge in [-0.1, -0.05) is 84.4 Å². The molecule has 0 radical (unpaired) electrons. The van der Waals surface area contributed by atoms with Crippen molar-refractivity contribution >= 4 is 31.5 Å². The molecule has 0 unspecified atom stereocenters. The smallest absolute Gasteiger partial charge is 0.138 e. The van der Waals surface area contributed by atoms with Crippen LogP contribution in [0, 0.1) is 6.92 Å². The minimum absolute atomic E-state index is 0.893. The van der Waals surface area contributed by atoms with Crippen LogP contribution in [0.3, 0.4) is 0 Å². The molecule has 0 saturated carbocycles. The molecule has 0 saturated heterocycles. The van der Waals surface area contributed by atoms with Gasteiger partial charge in [-0.15, -0.1) is 11.3 Å². The molecule has 0 aliphatic heterocycles. The molecule has 0 atom stereocenters. The van der Waals surface area contributed by atoms with Crippen LogP contribution < -0.4 is 0 Å². The summed E-state index contributed by atoms with van der Waals surface area (Å²) in [4.78, 5) is 8.68. The number of hydrogen-bond acceptors (Lipinski definition) is 2. The lowest BCUT2D eigenvalue weighted by Gasteiger charge is -2.04. The Balaban J connectivity index is 1.58. The second-order valence-corrected chi connectivity index (χ2v) is 8.93. The van der Waals surface area contributed by atoms with E-state index in [1.807, 2.05) is 17.4 Å². The van der Waals surface area contributed by atoms with E-state index in [1.54, 1.807) is 0 Å². The van der Waals surface area contributed by atoms with Gasteiger partial charge in [0.2, 0.25) is 0 Å². The van der Waals surface area contributed by atoms with Gasteiger partial charge in [-0.05, 0) is 25.1 Å². The molecular formula is C28H20N2S. The zero-order valence-electron chi connectivity index (χ0n) is 17.1. The van der Waals surface area contributed by atoms with Crippen molar-refractivity contribution in [2.45, 2.75) is 6.92 Å². The maximum Gasteiger partial charge on any atom is 0.138 e. The lowest BCUT2D eigenvalue weighted by atomic mass is 10.0. The number of fused-ring (bicyclic) bond motifs is 3. The largest absolute Gasteiger partial charge is 0.337 e. The summed E-state index contributed by atoms with van der Waals surface area (Å²) in [6.07, 6.45) is 0. The molecule has 1 N–H and O–H groups in total. The van der Waals surface area contributed by atoms with Crippen molar-refractivity contribution in [2.24, 2.45) is 0 Å². The second kappa shape index (κ2) is 7.22. The molecule has 0 amide bonds. The molecule has 2 aromatic heterocycles. The first kappa shape index (κ1) is 18.1. The third kappa shape index (κ3) is 3.15. The predicted molar refractivity (Wildman–Crippen MR) is 133 cm³/mol. The summed E-state index contributed by atoms with van der Waals surface area (Å²) in [5.74, 6) is 0.893. The van der Waals surface area contributed by atoms with E-state index in [1.165, 1.54) is 25.7 Å². The molecular weight excluding hydrogens is 396 g/mol. The summed E-state index contributed by atoms with van der Waals surface area (Å²) < 4.78 is 2.63. The molecule has 0 fully saturated rings. The summed E-state index contributed by atoms with van der Waals surface area (Å²) in [5, 5.41) is 2.59. The fraction of sp³-hybridized carbons (Fsp3) is 0.0357. The minimum Gasteiger partial charge on any atom is -0.337 e. The van der Waals surface area contributed by atoms with Gasteiger partial charge in [-0.25, -0.2) is 4.98 Å². The second-order valence-electron chi connectivity index (χ2n) is 7.85. The van der Waals surface area contributed by atoms with Gasteiger partial charge in [0.1, 0.15) is 5.82 Å². The third-order valence-corrected chi connectivity index (χ3v) is 6.89. The number of H-pyrrole nitrogens is 1. The number of thiophene rings is 1. The van der Waals surface area contributed by atoms with Crippen LogP contribution in [-0.4, -0.2) is 9.97 Å². The summed E-state index contributed by atoms with van der Waals surface area (Å²) in [7, 11) is 0. The van der Waals surface area contributed by atoms with Crippen molar-refractivity contribution in [3.05, 3.63) is 103 Å². The van der Waals surface area contributed by atoms with Crippen LogP contribution in [0.2, 0.25) is 0 Å². The van der Waals surface area contributed by atoms with Crippen LogP contribution in [0.4, 0.5) is 0 Å². The Morgan fingerprint density at radius 1 is 0.645 bits per heavy atom. The van der Waals surface area contributed by atoms with Gasteiger partial charge in [0.25, 0.3) is 0 Å². The molecule has 0 aliphatic rings. The quantitative estimate of drug-likeness (QED) is 0.310. The van der Waals surface area contributed by atoms with Gasteiger partial charge < -0.3 is 4.98 Å². The molecule has 0 aliphatic carbocycles. The SMILES string of the molecule is Cc1ccc(-c2nc(-c3ccc4sc5ccccc5c4c3)c(-c3ccccc3)[nH]2)cc1. The van der Waals surface area contributed by atoms with E-state index in [9.17, 15) is 0 Å². The first-order valence-corrected chi connectivity index (χ1v) is 11.2. The monoisotopic (exact) mass is 416 g/mol. The zero-order valence-corrected chi connectivity index (χ0v) is 17.9. The normalized spacial score (nSPS) is 11.4. The van der Waals surface area contributed by atoms with Crippen LogP contribution in [0.5, 0.6) is 0 Å². The summed E-state index contributed by atoms with van der Waals surface area (Å²) in [6, 6.07) is 34.3. The maximum absolute atomic E-state index is 5.08. The average Bonchev–Trinajstić information content (AvgIpc) is 3.42. The molecule has 4 aromatic carbocycles. The van der Waals surface area contributed by atoms with Gasteiger partial charge in [-0.3, -0.25) is 0 Å². The average molecular weight is 417 g/mol. The molecule has 0 spiro atoms. The molecule has 148 valence electrons. The van der Waals surface area contributed by atoms with Crippen molar-refractivity contribution in [2.75, 3.05) is 0 Å². The number of imidazole rings is 1. The van der Waals surface area contributed by atoms with Crippen LogP contribution >= 0.6 is 11.3 Å². The maximum atomic E-state index is 5.08. The Morgan fingerprint density at radius 2 is 1.35 bits per heavy atom. The number of aryl methyl sites for hydroxylation is 1. The highest BCUT2D eigenvalue weighted by atomic mass is 32.1. The molecule has 6 rings (SSSR count). The Kier molecular flexibility index (Phi) is 4.22. The summed E-state index contributed by atoms with van der Waals surface area (Å²) in [5.41, 5.74) is 6.64. The van der Waals surface area contributed by atoms with Gasteiger partial charge in [0.15, 0.2) is 0 Å². The standard InChI is InChI=1S/C28H20N2S/c1-18-11-13-20(14-12-18)28-29-26(19-7-3-2-4-8-19)27(30-28)21-15-16-25-23(17-21)22-9-5-6-10-24(22)31-25/h2-17H,1H3,(H,29,30). The third-order valence-electron chi connectivity index (χ3n) is 5.74. The molecule has 2 heterocycles. The fourth-order valence-corrected chi connectivity index (χ4v) is 5.20. The topological polar surface area (TPSA) is 28.7 Å². The van der Waals surface area contributed by atoms with E-state index < -0.39 is 0 Å². The van der Waals surface area contributed by atoms with Crippen molar-refractivity contribution in [3.63, 3.8) is 0 Å². The lowest BCUT2D eigenvalue weighted by molar-refractivity contribution is 1.30. The highest BCUT2D eigenvalue weighted by Crippen LogP contribution is 2.38. The summed E-state index contributed by atoms with van der Waals surface area (Å²) >= 11 is 1.84. The molecule has 31 heavy (non-hydrogen) atoms. The van der Waals surface area contributed by atoms with Crippen LogP contribution in [-0.2, 0) is 0 Å². The van der Waals surface area contributed by atoms with E-state index >= 15 is 0 Å².